The predicted octanol–water partition coefficient (Wildman–Crippen LogP) is 5.26. The molecule has 2 rings (SSSR count). The molecule has 0 aliphatic heterocycles. The molecule has 2 aromatic carbocycles. The molecule has 94 valence electrons. The zero-order chi connectivity index (χ0) is 12.8. The molecule has 0 spiro atoms. The summed E-state index contributed by atoms with van der Waals surface area (Å²) in [5, 5.41) is 0. The third kappa shape index (κ3) is 3.01. The van der Waals surface area contributed by atoms with Crippen molar-refractivity contribution in [1.82, 2.24) is 0 Å². The maximum Gasteiger partial charge on any atom is -0.0152 e. The second kappa shape index (κ2) is 6.39. The van der Waals surface area contributed by atoms with Crippen molar-refractivity contribution >= 4 is 0 Å². The van der Waals surface area contributed by atoms with E-state index in [4.69, 9.17) is 0 Å². The highest BCUT2D eigenvalue weighted by Gasteiger charge is 2.02. The Hall–Kier alpha value is -1.56. The van der Waals surface area contributed by atoms with E-state index in [1.807, 2.05) is 0 Å². The molecule has 2 aromatic rings. The normalized spacial score (nSPS) is 10.6. The third-order valence-electron chi connectivity index (χ3n) is 3.48. The highest BCUT2D eigenvalue weighted by Crippen LogP contribution is 2.24. The van der Waals surface area contributed by atoms with Crippen LogP contribution in [0.5, 0.6) is 0 Å². The molecular formula is C18H22. The van der Waals surface area contributed by atoms with Crippen molar-refractivity contribution < 1.29 is 0 Å². The number of aryl methyl sites for hydroxylation is 2. The number of rotatable bonds is 5. The summed E-state index contributed by atoms with van der Waals surface area (Å²) in [6.07, 6.45) is 4.84. The van der Waals surface area contributed by atoms with Crippen LogP contribution in [0.2, 0.25) is 0 Å². The van der Waals surface area contributed by atoms with E-state index in [9.17, 15) is 0 Å². The Morgan fingerprint density at radius 3 is 2.22 bits per heavy atom. The molecule has 18 heavy (non-hydrogen) atoms. The highest BCUT2D eigenvalue weighted by molar-refractivity contribution is 5.67. The molecule has 0 aliphatic carbocycles. The van der Waals surface area contributed by atoms with Crippen LogP contribution in [0.25, 0.3) is 11.1 Å². The van der Waals surface area contributed by atoms with Gasteiger partial charge in [0.05, 0.1) is 0 Å². The molecule has 0 heteroatoms. The van der Waals surface area contributed by atoms with Crippen molar-refractivity contribution in [3.63, 3.8) is 0 Å². The largest absolute Gasteiger partial charge is 0.0654 e. The van der Waals surface area contributed by atoms with Crippen molar-refractivity contribution in [2.75, 3.05) is 0 Å². The minimum atomic E-state index is 1.09. The van der Waals surface area contributed by atoms with Crippen molar-refractivity contribution in [3.05, 3.63) is 59.7 Å². The number of hydrogen-bond donors (Lipinski definition) is 0. The van der Waals surface area contributed by atoms with Crippen molar-refractivity contribution in [1.29, 1.82) is 0 Å². The molecule has 0 aliphatic rings. The second-order valence-electron chi connectivity index (χ2n) is 4.81. The van der Waals surface area contributed by atoms with Gasteiger partial charge in [0.2, 0.25) is 0 Å². The molecule has 0 saturated carbocycles. The smallest absolute Gasteiger partial charge is 0.0152 e. The molecule has 0 radical (unpaired) electrons. The fraction of sp³-hybridized carbons (Fsp3) is 0.333. The van der Waals surface area contributed by atoms with E-state index < -0.39 is 0 Å². The molecule has 0 heterocycles. The van der Waals surface area contributed by atoms with E-state index in [1.165, 1.54) is 41.5 Å². The Kier molecular flexibility index (Phi) is 4.58. The van der Waals surface area contributed by atoms with Crippen LogP contribution in [-0.2, 0) is 12.8 Å². The lowest BCUT2D eigenvalue weighted by atomic mass is 9.96. The van der Waals surface area contributed by atoms with E-state index in [-0.39, 0.29) is 0 Å². The molecule has 0 saturated heterocycles. The van der Waals surface area contributed by atoms with Gasteiger partial charge in [-0.15, -0.1) is 0 Å². The van der Waals surface area contributed by atoms with Crippen LogP contribution in [0.15, 0.2) is 48.5 Å². The van der Waals surface area contributed by atoms with Crippen LogP contribution >= 0.6 is 0 Å². The summed E-state index contributed by atoms with van der Waals surface area (Å²) >= 11 is 0. The Morgan fingerprint density at radius 1 is 0.833 bits per heavy atom. The molecule has 0 N–H and O–H groups in total. The second-order valence-corrected chi connectivity index (χ2v) is 4.81. The lowest BCUT2D eigenvalue weighted by Gasteiger charge is -2.08. The molecular weight excluding hydrogens is 216 g/mol. The lowest BCUT2D eigenvalue weighted by Crippen LogP contribution is -1.88. The number of benzene rings is 2. The zero-order valence-electron chi connectivity index (χ0n) is 11.4. The van der Waals surface area contributed by atoms with E-state index in [1.54, 1.807) is 0 Å². The summed E-state index contributed by atoms with van der Waals surface area (Å²) in [5.74, 6) is 0. The summed E-state index contributed by atoms with van der Waals surface area (Å²) in [7, 11) is 0. The van der Waals surface area contributed by atoms with Gasteiger partial charge in [0.25, 0.3) is 0 Å². The van der Waals surface area contributed by atoms with Gasteiger partial charge in [-0.2, -0.15) is 0 Å². The molecule has 0 amide bonds. The molecule has 0 atom stereocenters. The van der Waals surface area contributed by atoms with Gasteiger partial charge in [0, 0.05) is 0 Å². The van der Waals surface area contributed by atoms with Crippen LogP contribution in [0.3, 0.4) is 0 Å². The van der Waals surface area contributed by atoms with Gasteiger partial charge >= 0.3 is 0 Å². The Bertz CT molecular complexity index is 480. The average Bonchev–Trinajstić information content (AvgIpc) is 2.45. The van der Waals surface area contributed by atoms with Crippen molar-refractivity contribution in [3.8, 4) is 11.1 Å². The summed E-state index contributed by atoms with van der Waals surface area (Å²) < 4.78 is 0. The minimum Gasteiger partial charge on any atom is -0.0654 e. The van der Waals surface area contributed by atoms with Crippen LogP contribution < -0.4 is 0 Å². The lowest BCUT2D eigenvalue weighted by molar-refractivity contribution is 0.795. The van der Waals surface area contributed by atoms with Crippen molar-refractivity contribution in [2.24, 2.45) is 0 Å². The van der Waals surface area contributed by atoms with Gasteiger partial charge < -0.3 is 0 Å². The Labute approximate surface area is 111 Å². The minimum absolute atomic E-state index is 1.09. The molecule has 0 unspecified atom stereocenters. The third-order valence-corrected chi connectivity index (χ3v) is 3.48. The topological polar surface area (TPSA) is 0 Å². The molecule has 0 nitrogen and oxygen atoms in total. The maximum absolute atomic E-state index is 2.28. The first kappa shape index (κ1) is 12.9. The molecule has 0 bridgehead atoms. The molecule has 0 aromatic heterocycles. The number of unbranched alkanes of at least 4 members (excludes halogenated alkanes) is 1. The highest BCUT2D eigenvalue weighted by atomic mass is 14.1. The van der Waals surface area contributed by atoms with Gasteiger partial charge in [-0.1, -0.05) is 68.8 Å². The first-order valence-corrected chi connectivity index (χ1v) is 7.02. The van der Waals surface area contributed by atoms with E-state index in [0.717, 1.165) is 6.42 Å². The average molecular weight is 238 g/mol. The first-order chi connectivity index (χ1) is 8.85. The Balaban J connectivity index is 2.23. The number of hydrogen-bond acceptors (Lipinski definition) is 0. The van der Waals surface area contributed by atoms with Crippen LogP contribution in [0, 0.1) is 0 Å². The monoisotopic (exact) mass is 238 g/mol. The van der Waals surface area contributed by atoms with E-state index in [0.29, 0.717) is 0 Å². The summed E-state index contributed by atoms with van der Waals surface area (Å²) in [6, 6.07) is 17.8. The Morgan fingerprint density at radius 2 is 1.56 bits per heavy atom. The van der Waals surface area contributed by atoms with Crippen molar-refractivity contribution in [2.45, 2.75) is 39.5 Å². The standard InChI is InChI=1S/C18H22/c1-3-5-8-15-11-13-17(14-12-15)18-10-7-6-9-16(18)4-2/h6-7,9-14H,3-5,8H2,1-2H3. The van der Waals surface area contributed by atoms with Gasteiger partial charge in [-0.05, 0) is 41.5 Å². The van der Waals surface area contributed by atoms with Crippen LogP contribution in [-0.4, -0.2) is 0 Å². The van der Waals surface area contributed by atoms with Gasteiger partial charge in [0.1, 0.15) is 0 Å². The predicted molar refractivity (Wildman–Crippen MR) is 79.9 cm³/mol. The van der Waals surface area contributed by atoms with E-state index in [2.05, 4.69) is 62.4 Å². The SMILES string of the molecule is CCCCc1ccc(-c2ccccc2CC)cc1. The van der Waals surface area contributed by atoms with Crippen LogP contribution in [0.4, 0.5) is 0 Å². The molecule has 0 fully saturated rings. The summed E-state index contributed by atoms with van der Waals surface area (Å²) in [6.45, 7) is 4.46. The zero-order valence-corrected chi connectivity index (χ0v) is 11.4. The van der Waals surface area contributed by atoms with E-state index >= 15 is 0 Å². The quantitative estimate of drug-likeness (QED) is 0.666. The maximum atomic E-state index is 2.28. The van der Waals surface area contributed by atoms with Crippen LogP contribution in [0.1, 0.15) is 37.8 Å². The van der Waals surface area contributed by atoms with Gasteiger partial charge in [-0.3, -0.25) is 0 Å². The van der Waals surface area contributed by atoms with Gasteiger partial charge in [0.15, 0.2) is 0 Å². The fourth-order valence-electron chi connectivity index (χ4n) is 2.34. The fourth-order valence-corrected chi connectivity index (χ4v) is 2.34. The van der Waals surface area contributed by atoms with Gasteiger partial charge in [-0.25, -0.2) is 0 Å². The summed E-state index contributed by atoms with van der Waals surface area (Å²) in [5.41, 5.74) is 5.60. The summed E-state index contributed by atoms with van der Waals surface area (Å²) in [4.78, 5) is 0. The first-order valence-electron chi connectivity index (χ1n) is 7.02.